The summed E-state index contributed by atoms with van der Waals surface area (Å²) in [6.45, 7) is 1.65. The molecular weight excluding hydrogens is 435 g/mol. The Bertz CT molecular complexity index is 877. The summed E-state index contributed by atoms with van der Waals surface area (Å²) < 4.78 is 87.9. The molecule has 0 bridgehead atoms. The molecule has 0 atom stereocenters. The molecular formula is C17H11Cl2F6NO2. The summed E-state index contributed by atoms with van der Waals surface area (Å²) in [5.74, 6) is -0.673. The fourth-order valence-electron chi connectivity index (χ4n) is 2.05. The molecule has 1 aromatic heterocycles. The number of ether oxygens (including phenoxy) is 2. The Morgan fingerprint density at radius 1 is 1.07 bits per heavy atom. The topological polar surface area (TPSA) is 31.4 Å². The van der Waals surface area contributed by atoms with E-state index in [9.17, 15) is 26.3 Å². The number of alkyl halides is 6. The van der Waals surface area contributed by atoms with Crippen molar-refractivity contribution in [3.8, 4) is 17.4 Å². The quantitative estimate of drug-likeness (QED) is 0.468. The number of rotatable bonds is 5. The monoisotopic (exact) mass is 445 g/mol. The van der Waals surface area contributed by atoms with E-state index in [2.05, 4.69) is 4.98 Å². The van der Waals surface area contributed by atoms with E-state index in [1.165, 1.54) is 24.3 Å². The highest BCUT2D eigenvalue weighted by Crippen LogP contribution is 2.40. The first kappa shape index (κ1) is 22.2. The third kappa shape index (κ3) is 5.93. The average Bonchev–Trinajstić information content (AvgIpc) is 2.55. The summed E-state index contributed by atoms with van der Waals surface area (Å²) >= 11 is 10.9. The van der Waals surface area contributed by atoms with Gasteiger partial charge in [-0.3, -0.25) is 0 Å². The van der Waals surface area contributed by atoms with Gasteiger partial charge in [-0.1, -0.05) is 23.2 Å². The predicted octanol–water partition coefficient (Wildman–Crippen LogP) is 6.92. The van der Waals surface area contributed by atoms with Gasteiger partial charge in [0.25, 0.3) is 0 Å². The van der Waals surface area contributed by atoms with Gasteiger partial charge in [0.2, 0.25) is 5.88 Å². The summed E-state index contributed by atoms with van der Waals surface area (Å²) in [4.78, 5) is 3.20. The van der Waals surface area contributed by atoms with Crippen LogP contribution in [0.15, 0.2) is 41.0 Å². The van der Waals surface area contributed by atoms with Crippen LogP contribution in [0.1, 0.15) is 16.7 Å². The van der Waals surface area contributed by atoms with Crippen LogP contribution in [0.25, 0.3) is 0 Å². The van der Waals surface area contributed by atoms with Crippen LogP contribution < -0.4 is 9.47 Å². The maximum absolute atomic E-state index is 13.1. The summed E-state index contributed by atoms with van der Waals surface area (Å²) in [5.41, 5.74) is -2.67. The zero-order valence-corrected chi connectivity index (χ0v) is 15.5. The highest BCUT2D eigenvalue weighted by molar-refractivity contribution is 6.55. The van der Waals surface area contributed by atoms with Gasteiger partial charge in [-0.15, -0.1) is 0 Å². The number of hydrogen-bond acceptors (Lipinski definition) is 3. The molecule has 2 aromatic rings. The van der Waals surface area contributed by atoms with E-state index in [1.807, 2.05) is 0 Å². The number of benzene rings is 1. The van der Waals surface area contributed by atoms with E-state index in [0.717, 1.165) is 0 Å². The van der Waals surface area contributed by atoms with Crippen LogP contribution in [-0.4, -0.2) is 11.6 Å². The Balaban J connectivity index is 2.30. The normalized spacial score (nSPS) is 11.9. The predicted molar refractivity (Wildman–Crippen MR) is 90.8 cm³/mol. The van der Waals surface area contributed by atoms with Crippen molar-refractivity contribution >= 4 is 23.2 Å². The summed E-state index contributed by atoms with van der Waals surface area (Å²) in [5, 5.41) is 0. The molecule has 0 aliphatic heterocycles. The largest absolute Gasteiger partial charge is 0.489 e. The smallest absolute Gasteiger partial charge is 0.421 e. The molecule has 0 N–H and O–H groups in total. The van der Waals surface area contributed by atoms with Gasteiger partial charge in [-0.25, -0.2) is 4.98 Å². The molecule has 1 aromatic carbocycles. The molecule has 0 spiro atoms. The lowest BCUT2D eigenvalue weighted by Crippen LogP contribution is -2.13. The molecule has 0 aliphatic rings. The van der Waals surface area contributed by atoms with Crippen LogP contribution >= 0.6 is 23.2 Å². The molecule has 11 heteroatoms. The molecule has 0 saturated heterocycles. The lowest BCUT2D eigenvalue weighted by atomic mass is 10.2. The number of pyridine rings is 1. The molecule has 28 heavy (non-hydrogen) atoms. The molecule has 0 aliphatic carbocycles. The van der Waals surface area contributed by atoms with E-state index in [0.29, 0.717) is 11.3 Å². The first-order valence-electron chi connectivity index (χ1n) is 7.45. The van der Waals surface area contributed by atoms with Crippen molar-refractivity contribution in [2.24, 2.45) is 0 Å². The van der Waals surface area contributed by atoms with Gasteiger partial charge in [0.15, 0.2) is 0 Å². The van der Waals surface area contributed by atoms with Crippen LogP contribution in [0.4, 0.5) is 26.3 Å². The van der Waals surface area contributed by atoms with Crippen LogP contribution in [0.3, 0.4) is 0 Å². The fourth-order valence-corrected chi connectivity index (χ4v) is 2.17. The molecule has 0 fully saturated rings. The number of nitrogens with zero attached hydrogens (tertiary/aromatic N) is 1. The van der Waals surface area contributed by atoms with E-state index in [1.54, 1.807) is 6.92 Å². The fraction of sp³-hybridized carbons (Fsp3) is 0.235. The van der Waals surface area contributed by atoms with Crippen molar-refractivity contribution in [3.63, 3.8) is 0 Å². The average molecular weight is 446 g/mol. The van der Waals surface area contributed by atoms with Crippen LogP contribution in [-0.2, 0) is 12.4 Å². The van der Waals surface area contributed by atoms with Gasteiger partial charge in [0, 0.05) is 6.20 Å². The first-order chi connectivity index (χ1) is 12.9. The van der Waals surface area contributed by atoms with E-state index in [-0.39, 0.29) is 29.1 Å². The van der Waals surface area contributed by atoms with Gasteiger partial charge in [0.1, 0.15) is 28.2 Å². The number of hydrogen-bond donors (Lipinski definition) is 0. The van der Waals surface area contributed by atoms with Crippen molar-refractivity contribution < 1.29 is 35.8 Å². The highest BCUT2D eigenvalue weighted by atomic mass is 35.5. The Kier molecular flexibility index (Phi) is 6.71. The van der Waals surface area contributed by atoms with E-state index in [4.69, 9.17) is 32.7 Å². The van der Waals surface area contributed by atoms with Crippen LogP contribution in [0, 0.1) is 6.92 Å². The SMILES string of the molecule is Cc1cc(Oc2ncc(C(F)(F)F)cc2C(F)(F)F)ccc1OCC=C(Cl)Cl. The van der Waals surface area contributed by atoms with Crippen molar-refractivity contribution in [1.82, 2.24) is 4.98 Å². The summed E-state index contributed by atoms with van der Waals surface area (Å²) in [6, 6.07) is 4.00. The van der Waals surface area contributed by atoms with Gasteiger partial charge in [0.05, 0.1) is 5.56 Å². The number of aryl methyl sites for hydroxylation is 1. The van der Waals surface area contributed by atoms with Crippen LogP contribution in [0.2, 0.25) is 0 Å². The lowest BCUT2D eigenvalue weighted by Gasteiger charge is -2.16. The Morgan fingerprint density at radius 3 is 2.29 bits per heavy atom. The molecule has 0 saturated carbocycles. The number of aromatic nitrogens is 1. The maximum atomic E-state index is 13.1. The van der Waals surface area contributed by atoms with Gasteiger partial charge < -0.3 is 9.47 Å². The van der Waals surface area contributed by atoms with E-state index >= 15 is 0 Å². The second-order valence-electron chi connectivity index (χ2n) is 5.41. The van der Waals surface area contributed by atoms with Gasteiger partial charge in [-0.05, 0) is 42.8 Å². The Labute approximate surface area is 165 Å². The molecule has 2 rings (SSSR count). The maximum Gasteiger partial charge on any atom is 0.421 e. The first-order valence-corrected chi connectivity index (χ1v) is 8.20. The van der Waals surface area contributed by atoms with Crippen LogP contribution in [0.5, 0.6) is 17.4 Å². The standard InChI is InChI=1S/C17H11Cl2F6NO2/c1-9-6-11(2-3-13(9)27-5-4-14(18)19)28-15-12(17(23,24)25)7-10(8-26-15)16(20,21)22/h2-4,6-8H,5H2,1H3. The minimum Gasteiger partial charge on any atom is -0.489 e. The Morgan fingerprint density at radius 2 is 1.75 bits per heavy atom. The van der Waals surface area contributed by atoms with Crippen molar-refractivity contribution in [3.05, 3.63) is 57.7 Å². The number of halogens is 8. The minimum absolute atomic E-state index is 0.00525. The molecule has 152 valence electrons. The zero-order chi connectivity index (χ0) is 21.1. The van der Waals surface area contributed by atoms with Crippen molar-refractivity contribution in [1.29, 1.82) is 0 Å². The molecule has 0 radical (unpaired) electrons. The van der Waals surface area contributed by atoms with Gasteiger partial charge >= 0.3 is 12.4 Å². The summed E-state index contributed by atoms with van der Waals surface area (Å²) in [7, 11) is 0. The van der Waals surface area contributed by atoms with Crippen molar-refractivity contribution in [2.75, 3.05) is 6.61 Å². The second-order valence-corrected chi connectivity index (χ2v) is 6.41. The molecule has 0 amide bonds. The van der Waals surface area contributed by atoms with Crippen molar-refractivity contribution in [2.45, 2.75) is 19.3 Å². The summed E-state index contributed by atoms with van der Waals surface area (Å²) in [6.07, 6.45) is -8.40. The Hall–Kier alpha value is -2.13. The molecule has 0 unspecified atom stereocenters. The third-order valence-electron chi connectivity index (χ3n) is 3.32. The zero-order valence-electron chi connectivity index (χ0n) is 14.0. The third-order valence-corrected chi connectivity index (χ3v) is 3.63. The van der Waals surface area contributed by atoms with E-state index < -0.39 is 29.4 Å². The second kappa shape index (κ2) is 8.48. The molecule has 1 heterocycles. The lowest BCUT2D eigenvalue weighted by molar-refractivity contribution is -0.144. The highest BCUT2D eigenvalue weighted by Gasteiger charge is 2.40. The molecule has 3 nitrogen and oxygen atoms in total. The van der Waals surface area contributed by atoms with Gasteiger partial charge in [-0.2, -0.15) is 26.3 Å². The minimum atomic E-state index is -5.09.